The zero-order valence-electron chi connectivity index (χ0n) is 33.7. The second-order valence-electron chi connectivity index (χ2n) is 15.4. The molecule has 0 amide bonds. The minimum atomic E-state index is 0.720. The van der Waals surface area contributed by atoms with Gasteiger partial charge >= 0.3 is 0 Å². The van der Waals surface area contributed by atoms with Gasteiger partial charge in [-0.25, -0.2) is 19.9 Å². The minimum absolute atomic E-state index is 0.720. The van der Waals surface area contributed by atoms with Gasteiger partial charge in [0.05, 0.1) is 11.4 Å². The molecule has 4 heteroatoms. The van der Waals surface area contributed by atoms with Gasteiger partial charge < -0.3 is 0 Å². The lowest BCUT2D eigenvalue weighted by Crippen LogP contribution is -1.93. The first-order valence-corrected chi connectivity index (χ1v) is 20.9. The highest BCUT2D eigenvalue weighted by Gasteiger charge is 2.19. The van der Waals surface area contributed by atoms with Crippen molar-refractivity contribution < 1.29 is 0 Å². The van der Waals surface area contributed by atoms with E-state index in [1.54, 1.807) is 0 Å². The van der Waals surface area contributed by atoms with Crippen LogP contribution in [0.25, 0.3) is 111 Å². The maximum atomic E-state index is 4.91. The zero-order chi connectivity index (χ0) is 41.2. The van der Waals surface area contributed by atoms with Crippen molar-refractivity contribution in [3.63, 3.8) is 0 Å². The first-order valence-electron chi connectivity index (χ1n) is 20.9. The van der Waals surface area contributed by atoms with Crippen LogP contribution in [0, 0.1) is 0 Å². The van der Waals surface area contributed by atoms with Crippen LogP contribution in [-0.2, 0) is 0 Å². The van der Waals surface area contributed by atoms with Gasteiger partial charge in [-0.2, -0.15) is 0 Å². The van der Waals surface area contributed by atoms with Crippen LogP contribution < -0.4 is 0 Å². The predicted molar refractivity (Wildman–Crippen MR) is 256 cm³/mol. The van der Waals surface area contributed by atoms with E-state index >= 15 is 0 Å². The van der Waals surface area contributed by atoms with Crippen LogP contribution in [-0.4, -0.2) is 19.9 Å². The lowest BCUT2D eigenvalue weighted by atomic mass is 9.84. The van der Waals surface area contributed by atoms with E-state index in [2.05, 4.69) is 156 Å². The summed E-state index contributed by atoms with van der Waals surface area (Å²) in [4.78, 5) is 18.9. The van der Waals surface area contributed by atoms with E-state index in [1.165, 1.54) is 43.8 Å². The molecule has 0 atom stereocenters. The van der Waals surface area contributed by atoms with Crippen LogP contribution in [0.15, 0.2) is 231 Å². The van der Waals surface area contributed by atoms with Crippen molar-refractivity contribution in [3.05, 3.63) is 231 Å². The van der Waals surface area contributed by atoms with Crippen LogP contribution >= 0.6 is 0 Å². The van der Waals surface area contributed by atoms with Crippen LogP contribution in [0.1, 0.15) is 0 Å². The Kier molecular flexibility index (Phi) is 9.49. The third-order valence-corrected chi connectivity index (χ3v) is 11.6. The summed E-state index contributed by atoms with van der Waals surface area (Å²) in [7, 11) is 0. The molecule has 0 bridgehead atoms. The number of benzene rings is 9. The highest BCUT2D eigenvalue weighted by molar-refractivity contribution is 6.22. The van der Waals surface area contributed by atoms with Crippen molar-refractivity contribution in [2.75, 3.05) is 0 Å². The third kappa shape index (κ3) is 7.00. The standard InChI is InChI=1S/C58H38N4/c1-5-13-43(14-6-1)55-49-31-29-48(40-23-27-42(28-24-40)54-34-36-60-58(62-54)46-19-11-4-12-20-46)38-52(49)56(44-15-7-2-8-16-44)50-32-30-47(37-51(50)55)39-21-25-41(26-22-39)53-33-35-59-57(61-53)45-17-9-3-10-18-45/h1-38H. The fourth-order valence-corrected chi connectivity index (χ4v) is 8.58. The Labute approximate surface area is 360 Å². The number of hydrogen-bond acceptors (Lipinski definition) is 4. The molecule has 2 heterocycles. The zero-order valence-corrected chi connectivity index (χ0v) is 33.7. The van der Waals surface area contributed by atoms with Gasteiger partial charge in [-0.3, -0.25) is 0 Å². The van der Waals surface area contributed by atoms with E-state index in [-0.39, 0.29) is 0 Å². The molecular formula is C58H38N4. The number of fused-ring (bicyclic) bond motifs is 2. The molecule has 9 aromatic carbocycles. The molecule has 0 aliphatic rings. The first-order chi connectivity index (χ1) is 30.7. The Morgan fingerprint density at radius 1 is 0.226 bits per heavy atom. The van der Waals surface area contributed by atoms with Gasteiger partial charge in [0, 0.05) is 34.6 Å². The molecule has 0 unspecified atom stereocenters. The van der Waals surface area contributed by atoms with Crippen LogP contribution in [0.3, 0.4) is 0 Å². The summed E-state index contributed by atoms with van der Waals surface area (Å²) in [5.41, 5.74) is 15.3. The van der Waals surface area contributed by atoms with Crippen molar-refractivity contribution in [3.8, 4) is 89.8 Å². The Bertz CT molecular complexity index is 3120. The van der Waals surface area contributed by atoms with Crippen molar-refractivity contribution in [1.29, 1.82) is 0 Å². The molecule has 11 aromatic rings. The Balaban J connectivity index is 1.02. The highest BCUT2D eigenvalue weighted by Crippen LogP contribution is 2.46. The molecule has 62 heavy (non-hydrogen) atoms. The molecule has 0 radical (unpaired) electrons. The maximum absolute atomic E-state index is 4.91. The number of rotatable bonds is 8. The summed E-state index contributed by atoms with van der Waals surface area (Å²) < 4.78 is 0. The first kappa shape index (κ1) is 36.7. The maximum Gasteiger partial charge on any atom is 0.159 e. The van der Waals surface area contributed by atoms with Gasteiger partial charge in [0.2, 0.25) is 0 Å². The monoisotopic (exact) mass is 790 g/mol. The molecule has 0 spiro atoms. The molecule has 0 aliphatic carbocycles. The fraction of sp³-hybridized carbons (Fsp3) is 0. The second kappa shape index (κ2) is 16.0. The Morgan fingerprint density at radius 2 is 0.548 bits per heavy atom. The van der Waals surface area contributed by atoms with E-state index in [4.69, 9.17) is 9.97 Å². The lowest BCUT2D eigenvalue weighted by molar-refractivity contribution is 1.18. The van der Waals surface area contributed by atoms with Gasteiger partial charge in [0.1, 0.15) is 0 Å². The molecule has 0 N–H and O–H groups in total. The smallest absolute Gasteiger partial charge is 0.159 e. The van der Waals surface area contributed by atoms with E-state index in [0.717, 1.165) is 67.5 Å². The van der Waals surface area contributed by atoms with Gasteiger partial charge in [-0.15, -0.1) is 0 Å². The summed E-state index contributed by atoms with van der Waals surface area (Å²) in [6, 6.07) is 77.2. The number of aromatic nitrogens is 4. The Morgan fingerprint density at radius 3 is 0.919 bits per heavy atom. The van der Waals surface area contributed by atoms with E-state index in [1.807, 2.05) is 85.2 Å². The minimum Gasteiger partial charge on any atom is -0.237 e. The fourth-order valence-electron chi connectivity index (χ4n) is 8.58. The molecule has 4 nitrogen and oxygen atoms in total. The van der Waals surface area contributed by atoms with Gasteiger partial charge in [0.25, 0.3) is 0 Å². The third-order valence-electron chi connectivity index (χ3n) is 11.6. The quantitative estimate of drug-likeness (QED) is 0.144. The molecule has 0 saturated carbocycles. The van der Waals surface area contributed by atoms with E-state index in [0.29, 0.717) is 0 Å². The SMILES string of the molecule is c1ccc(-c2nccc(-c3ccc(-c4ccc5c(-c6ccccc6)c6cc(-c7ccc(-c8ccnc(-c9ccccc9)n8)cc7)ccc6c(-c6ccccc6)c5c4)cc3)n2)cc1. The summed E-state index contributed by atoms with van der Waals surface area (Å²) in [5, 5.41) is 4.85. The second-order valence-corrected chi connectivity index (χ2v) is 15.4. The lowest BCUT2D eigenvalue weighted by Gasteiger charge is -2.20. The summed E-state index contributed by atoms with van der Waals surface area (Å²) in [5.74, 6) is 1.44. The topological polar surface area (TPSA) is 51.6 Å². The molecule has 11 rings (SSSR count). The van der Waals surface area contributed by atoms with Crippen LogP contribution in [0.4, 0.5) is 0 Å². The number of nitrogens with zero attached hydrogens (tertiary/aromatic N) is 4. The van der Waals surface area contributed by atoms with Crippen molar-refractivity contribution in [2.24, 2.45) is 0 Å². The van der Waals surface area contributed by atoms with Crippen LogP contribution in [0.2, 0.25) is 0 Å². The van der Waals surface area contributed by atoms with E-state index in [9.17, 15) is 0 Å². The predicted octanol–water partition coefficient (Wildman–Crippen LogP) is 14.9. The molecular weight excluding hydrogens is 753 g/mol. The largest absolute Gasteiger partial charge is 0.237 e. The molecule has 0 saturated heterocycles. The molecule has 0 aliphatic heterocycles. The average Bonchev–Trinajstić information content (AvgIpc) is 3.36. The summed E-state index contributed by atoms with van der Waals surface area (Å²) in [6.07, 6.45) is 3.67. The highest BCUT2D eigenvalue weighted by atomic mass is 14.9. The van der Waals surface area contributed by atoms with E-state index < -0.39 is 0 Å². The van der Waals surface area contributed by atoms with Gasteiger partial charge in [0.15, 0.2) is 11.6 Å². The Hall–Kier alpha value is -8.34. The van der Waals surface area contributed by atoms with Crippen molar-refractivity contribution in [2.45, 2.75) is 0 Å². The van der Waals surface area contributed by atoms with Crippen molar-refractivity contribution in [1.82, 2.24) is 19.9 Å². The van der Waals surface area contributed by atoms with Crippen LogP contribution in [0.5, 0.6) is 0 Å². The van der Waals surface area contributed by atoms with Crippen molar-refractivity contribution >= 4 is 21.5 Å². The normalized spacial score (nSPS) is 11.2. The molecule has 0 fully saturated rings. The molecule has 290 valence electrons. The van der Waals surface area contributed by atoms with Gasteiger partial charge in [-0.1, -0.05) is 194 Å². The summed E-state index contributed by atoms with van der Waals surface area (Å²) in [6.45, 7) is 0. The number of hydrogen-bond donors (Lipinski definition) is 0. The summed E-state index contributed by atoms with van der Waals surface area (Å²) >= 11 is 0. The van der Waals surface area contributed by atoms with Gasteiger partial charge in [-0.05, 0) is 90.3 Å². The average molecular weight is 791 g/mol. The molecule has 2 aromatic heterocycles.